The fourth-order valence-electron chi connectivity index (χ4n) is 2.34. The monoisotopic (exact) mass is 392 g/mol. The number of benzene rings is 2. The number of halogens is 2. The van der Waals surface area contributed by atoms with Gasteiger partial charge in [-0.1, -0.05) is 13.8 Å². The number of hydrogen-bond donors (Lipinski definition) is 1. The molecule has 0 saturated carbocycles. The van der Waals surface area contributed by atoms with Crippen LogP contribution >= 0.6 is 0 Å². The Morgan fingerprint density at radius 1 is 1.00 bits per heavy atom. The second kappa shape index (κ2) is 7.48. The molecule has 0 saturated heterocycles. The highest BCUT2D eigenvalue weighted by Crippen LogP contribution is 2.32. The molecule has 27 heavy (non-hydrogen) atoms. The maximum absolute atomic E-state index is 13.2. The Hall–Kier alpha value is -2.74. The molecular weight excluding hydrogens is 374 g/mol. The van der Waals surface area contributed by atoms with Crippen molar-refractivity contribution in [3.05, 3.63) is 60.2 Å². The molecule has 0 radical (unpaired) electrons. The lowest BCUT2D eigenvalue weighted by molar-refractivity contribution is 0.567. The normalized spacial score (nSPS) is 11.7. The summed E-state index contributed by atoms with van der Waals surface area (Å²) in [6, 6.07) is 9.82. The molecule has 142 valence electrons. The van der Waals surface area contributed by atoms with Gasteiger partial charge < -0.3 is 9.73 Å². The van der Waals surface area contributed by atoms with E-state index in [9.17, 15) is 17.2 Å². The predicted octanol–water partition coefficient (Wildman–Crippen LogP) is 4.52. The van der Waals surface area contributed by atoms with Crippen LogP contribution in [0.4, 0.5) is 14.7 Å². The quantitative estimate of drug-likeness (QED) is 0.625. The van der Waals surface area contributed by atoms with Gasteiger partial charge in [0.25, 0.3) is 0 Å². The lowest BCUT2D eigenvalue weighted by atomic mass is 10.2. The van der Waals surface area contributed by atoms with Crippen molar-refractivity contribution in [2.75, 3.05) is 11.9 Å². The molecule has 0 aliphatic rings. The van der Waals surface area contributed by atoms with Gasteiger partial charge in [0.1, 0.15) is 11.6 Å². The largest absolute Gasteiger partial charge is 0.419 e. The number of sulfone groups is 1. The Morgan fingerprint density at radius 2 is 1.56 bits per heavy atom. The first-order chi connectivity index (χ1) is 12.8. The molecule has 1 heterocycles. The van der Waals surface area contributed by atoms with Crippen molar-refractivity contribution in [1.82, 2.24) is 4.98 Å². The maximum atomic E-state index is 13.2. The van der Waals surface area contributed by atoms with Crippen LogP contribution in [0.5, 0.6) is 0 Å². The van der Waals surface area contributed by atoms with Crippen molar-refractivity contribution in [2.24, 2.45) is 5.92 Å². The SMILES string of the molecule is CC(C)CNc1oc(-c2ccc(F)cc2)nc1S(=O)(=O)c1ccc(F)cc1. The molecule has 1 N–H and O–H groups in total. The van der Waals surface area contributed by atoms with Crippen molar-refractivity contribution in [3.8, 4) is 11.5 Å². The van der Waals surface area contributed by atoms with Gasteiger partial charge >= 0.3 is 0 Å². The smallest absolute Gasteiger partial charge is 0.233 e. The minimum absolute atomic E-state index is 0.00708. The molecule has 0 atom stereocenters. The van der Waals surface area contributed by atoms with E-state index in [-0.39, 0.29) is 27.6 Å². The van der Waals surface area contributed by atoms with Gasteiger partial charge in [-0.2, -0.15) is 4.98 Å². The molecule has 0 unspecified atom stereocenters. The van der Waals surface area contributed by atoms with Gasteiger partial charge in [-0.15, -0.1) is 0 Å². The van der Waals surface area contributed by atoms with Crippen LogP contribution in [-0.4, -0.2) is 19.9 Å². The van der Waals surface area contributed by atoms with E-state index in [0.717, 1.165) is 12.1 Å². The van der Waals surface area contributed by atoms with Crippen molar-refractivity contribution in [1.29, 1.82) is 0 Å². The van der Waals surface area contributed by atoms with Gasteiger partial charge in [0.2, 0.25) is 26.6 Å². The van der Waals surface area contributed by atoms with Crippen molar-refractivity contribution < 1.29 is 21.6 Å². The van der Waals surface area contributed by atoms with Crippen LogP contribution in [-0.2, 0) is 9.84 Å². The maximum Gasteiger partial charge on any atom is 0.233 e. The van der Waals surface area contributed by atoms with Crippen LogP contribution in [0.1, 0.15) is 13.8 Å². The minimum Gasteiger partial charge on any atom is -0.419 e. The molecular formula is C19H18F2N2O3S. The van der Waals surface area contributed by atoms with Crippen molar-refractivity contribution in [3.63, 3.8) is 0 Å². The Bertz CT molecular complexity index is 1030. The third-order valence-electron chi connectivity index (χ3n) is 3.74. The fourth-order valence-corrected chi connectivity index (χ4v) is 3.62. The molecule has 0 bridgehead atoms. The summed E-state index contributed by atoms with van der Waals surface area (Å²) >= 11 is 0. The first kappa shape index (κ1) is 19.0. The Kier molecular flexibility index (Phi) is 5.27. The first-order valence-electron chi connectivity index (χ1n) is 8.28. The van der Waals surface area contributed by atoms with Gasteiger partial charge in [-0.05, 0) is 54.4 Å². The minimum atomic E-state index is -4.04. The van der Waals surface area contributed by atoms with E-state index < -0.39 is 21.5 Å². The van der Waals surface area contributed by atoms with E-state index in [2.05, 4.69) is 10.3 Å². The van der Waals surface area contributed by atoms with Crippen LogP contribution in [0, 0.1) is 17.6 Å². The van der Waals surface area contributed by atoms with E-state index >= 15 is 0 Å². The van der Waals surface area contributed by atoms with Crippen LogP contribution in [0.25, 0.3) is 11.5 Å². The van der Waals surface area contributed by atoms with E-state index in [4.69, 9.17) is 4.42 Å². The second-order valence-electron chi connectivity index (χ2n) is 6.39. The molecule has 0 aliphatic heterocycles. The van der Waals surface area contributed by atoms with E-state index in [1.54, 1.807) is 0 Å². The van der Waals surface area contributed by atoms with Gasteiger partial charge in [-0.3, -0.25) is 0 Å². The van der Waals surface area contributed by atoms with Crippen LogP contribution in [0.15, 0.2) is 62.9 Å². The number of anilines is 1. The summed E-state index contributed by atoms with van der Waals surface area (Å²) in [6.07, 6.45) is 0. The lowest BCUT2D eigenvalue weighted by Gasteiger charge is -2.08. The molecule has 1 aromatic heterocycles. The summed E-state index contributed by atoms with van der Waals surface area (Å²) in [7, 11) is -4.04. The summed E-state index contributed by atoms with van der Waals surface area (Å²) in [4.78, 5) is 4.02. The number of hydrogen-bond acceptors (Lipinski definition) is 5. The van der Waals surface area contributed by atoms with Gasteiger partial charge in [0.15, 0.2) is 0 Å². The molecule has 0 spiro atoms. The third-order valence-corrected chi connectivity index (χ3v) is 5.42. The zero-order chi connectivity index (χ0) is 19.6. The highest BCUT2D eigenvalue weighted by Gasteiger charge is 2.28. The fraction of sp³-hybridized carbons (Fsp3) is 0.211. The average molecular weight is 392 g/mol. The van der Waals surface area contributed by atoms with Crippen molar-refractivity contribution >= 4 is 15.7 Å². The molecule has 8 heteroatoms. The summed E-state index contributed by atoms with van der Waals surface area (Å²) in [5, 5.41) is 2.65. The Morgan fingerprint density at radius 3 is 2.11 bits per heavy atom. The topological polar surface area (TPSA) is 72.2 Å². The summed E-state index contributed by atoms with van der Waals surface area (Å²) in [5.74, 6) is -0.707. The first-order valence-corrected chi connectivity index (χ1v) is 9.77. The third kappa shape index (κ3) is 4.16. The van der Waals surface area contributed by atoms with Gasteiger partial charge in [0, 0.05) is 12.1 Å². The summed E-state index contributed by atoms with van der Waals surface area (Å²) in [6.45, 7) is 4.38. The number of oxazole rings is 1. The number of rotatable bonds is 6. The number of nitrogens with one attached hydrogen (secondary N) is 1. The Labute approximate surface area is 156 Å². The highest BCUT2D eigenvalue weighted by atomic mass is 32.2. The standard InChI is InChI=1S/C19H18F2N2O3S/c1-12(2)11-22-18-19(27(24,25)16-9-7-15(21)8-10-16)23-17(26-18)13-3-5-14(20)6-4-13/h3-10,12,22H,11H2,1-2H3. The molecule has 0 amide bonds. The highest BCUT2D eigenvalue weighted by molar-refractivity contribution is 7.91. The molecule has 3 aromatic rings. The molecule has 0 aliphatic carbocycles. The van der Waals surface area contributed by atoms with Crippen LogP contribution in [0.3, 0.4) is 0 Å². The van der Waals surface area contributed by atoms with Crippen LogP contribution < -0.4 is 5.32 Å². The second-order valence-corrected chi connectivity index (χ2v) is 8.26. The lowest BCUT2D eigenvalue weighted by Crippen LogP contribution is -2.11. The number of nitrogens with zero attached hydrogens (tertiary/aromatic N) is 1. The average Bonchev–Trinajstić information content (AvgIpc) is 3.06. The molecule has 0 fully saturated rings. The molecule has 3 rings (SSSR count). The molecule has 5 nitrogen and oxygen atoms in total. The van der Waals surface area contributed by atoms with E-state index in [1.807, 2.05) is 13.8 Å². The van der Waals surface area contributed by atoms with E-state index in [0.29, 0.717) is 12.1 Å². The van der Waals surface area contributed by atoms with Crippen LogP contribution in [0.2, 0.25) is 0 Å². The number of aromatic nitrogens is 1. The predicted molar refractivity (Wildman–Crippen MR) is 97.1 cm³/mol. The molecule has 2 aromatic carbocycles. The van der Waals surface area contributed by atoms with Crippen molar-refractivity contribution in [2.45, 2.75) is 23.8 Å². The zero-order valence-corrected chi connectivity index (χ0v) is 15.6. The van der Waals surface area contributed by atoms with Gasteiger partial charge in [0.05, 0.1) is 4.90 Å². The van der Waals surface area contributed by atoms with Gasteiger partial charge in [-0.25, -0.2) is 17.2 Å². The Balaban J connectivity index is 2.08. The zero-order valence-electron chi connectivity index (χ0n) is 14.7. The van der Waals surface area contributed by atoms with E-state index in [1.165, 1.54) is 36.4 Å². The summed E-state index contributed by atoms with van der Waals surface area (Å²) in [5.41, 5.74) is 0.435. The summed E-state index contributed by atoms with van der Waals surface area (Å²) < 4.78 is 57.9.